The Balaban J connectivity index is 2.07. The van der Waals surface area contributed by atoms with Crippen LogP contribution < -0.4 is 0 Å². The van der Waals surface area contributed by atoms with Crippen LogP contribution >= 0.6 is 0 Å². The van der Waals surface area contributed by atoms with E-state index in [1.54, 1.807) is 24.3 Å². The molecule has 0 saturated carbocycles. The molecule has 0 saturated heterocycles. The number of aromatic nitrogens is 4. The van der Waals surface area contributed by atoms with Gasteiger partial charge in [0.1, 0.15) is 5.82 Å². The van der Waals surface area contributed by atoms with Crippen molar-refractivity contribution < 1.29 is 4.79 Å². The topological polar surface area (TPSA) is 66.8 Å². The third-order valence-electron chi connectivity index (χ3n) is 2.39. The normalized spacial score (nSPS) is 10.4. The molecule has 84 valence electrons. The molecule has 0 radical (unpaired) electrons. The standard InChI is InChI=1S/C10H13N5O/c1-14-4-3-11-9(14)7-15(2)10(16)8-5-12-13-6-8/h3-6H,7H2,1-2H3,(H,12,13). The molecule has 0 atom stereocenters. The minimum Gasteiger partial charge on any atom is -0.337 e. The van der Waals surface area contributed by atoms with Gasteiger partial charge in [0, 0.05) is 32.7 Å². The predicted molar refractivity (Wildman–Crippen MR) is 57.6 cm³/mol. The van der Waals surface area contributed by atoms with E-state index in [0.717, 1.165) is 5.82 Å². The monoisotopic (exact) mass is 219 g/mol. The lowest BCUT2D eigenvalue weighted by atomic mass is 10.3. The fourth-order valence-electron chi connectivity index (χ4n) is 1.42. The van der Waals surface area contributed by atoms with E-state index < -0.39 is 0 Å². The van der Waals surface area contributed by atoms with Crippen LogP contribution in [0.2, 0.25) is 0 Å². The molecule has 6 heteroatoms. The summed E-state index contributed by atoms with van der Waals surface area (Å²) >= 11 is 0. The van der Waals surface area contributed by atoms with Crippen molar-refractivity contribution in [1.82, 2.24) is 24.6 Å². The van der Waals surface area contributed by atoms with E-state index in [9.17, 15) is 4.79 Å². The SMILES string of the molecule is CN(Cc1nccn1C)C(=O)c1cn[nH]c1. The molecule has 0 aliphatic heterocycles. The predicted octanol–water partition coefficient (Wildman–Crippen LogP) is 0.415. The Kier molecular flexibility index (Phi) is 2.72. The summed E-state index contributed by atoms with van der Waals surface area (Å²) in [5.41, 5.74) is 0.553. The first-order valence-electron chi connectivity index (χ1n) is 4.89. The van der Waals surface area contributed by atoms with Crippen molar-refractivity contribution in [3.63, 3.8) is 0 Å². The van der Waals surface area contributed by atoms with Crippen LogP contribution in [0.5, 0.6) is 0 Å². The molecule has 0 fully saturated rings. The highest BCUT2D eigenvalue weighted by Gasteiger charge is 2.14. The summed E-state index contributed by atoms with van der Waals surface area (Å²) in [6.07, 6.45) is 6.66. The molecule has 2 heterocycles. The summed E-state index contributed by atoms with van der Waals surface area (Å²) in [7, 11) is 3.64. The van der Waals surface area contributed by atoms with Gasteiger partial charge in [0.25, 0.3) is 5.91 Å². The lowest BCUT2D eigenvalue weighted by molar-refractivity contribution is 0.0780. The third-order valence-corrected chi connectivity index (χ3v) is 2.39. The molecule has 0 spiro atoms. The van der Waals surface area contributed by atoms with Crippen molar-refractivity contribution in [1.29, 1.82) is 0 Å². The summed E-state index contributed by atoms with van der Waals surface area (Å²) in [4.78, 5) is 17.6. The Morgan fingerprint density at radius 1 is 1.62 bits per heavy atom. The Labute approximate surface area is 92.9 Å². The molecule has 2 rings (SSSR count). The van der Waals surface area contributed by atoms with Crippen LogP contribution in [0.3, 0.4) is 0 Å². The first-order chi connectivity index (χ1) is 7.68. The van der Waals surface area contributed by atoms with Crippen molar-refractivity contribution in [2.75, 3.05) is 7.05 Å². The summed E-state index contributed by atoms with van der Waals surface area (Å²) in [5, 5.41) is 6.36. The zero-order valence-electron chi connectivity index (χ0n) is 9.21. The van der Waals surface area contributed by atoms with Gasteiger partial charge in [0.05, 0.1) is 18.3 Å². The number of nitrogens with one attached hydrogen (secondary N) is 1. The van der Waals surface area contributed by atoms with E-state index in [1.165, 1.54) is 6.20 Å². The average molecular weight is 219 g/mol. The van der Waals surface area contributed by atoms with Crippen molar-refractivity contribution in [3.8, 4) is 0 Å². The Hall–Kier alpha value is -2.11. The fraction of sp³-hybridized carbons (Fsp3) is 0.300. The number of amides is 1. The van der Waals surface area contributed by atoms with Crippen LogP contribution in [0, 0.1) is 0 Å². The van der Waals surface area contributed by atoms with Gasteiger partial charge in [-0.05, 0) is 0 Å². The average Bonchev–Trinajstić information content (AvgIpc) is 2.89. The van der Waals surface area contributed by atoms with Crippen LogP contribution in [-0.2, 0) is 13.6 Å². The maximum absolute atomic E-state index is 11.9. The van der Waals surface area contributed by atoms with Crippen molar-refractivity contribution in [2.24, 2.45) is 7.05 Å². The van der Waals surface area contributed by atoms with Crippen molar-refractivity contribution in [2.45, 2.75) is 6.54 Å². The maximum Gasteiger partial charge on any atom is 0.257 e. The molecule has 0 unspecified atom stereocenters. The molecular weight excluding hydrogens is 206 g/mol. The van der Waals surface area contributed by atoms with E-state index in [0.29, 0.717) is 12.1 Å². The molecule has 2 aromatic rings. The van der Waals surface area contributed by atoms with Gasteiger partial charge in [-0.15, -0.1) is 0 Å². The summed E-state index contributed by atoms with van der Waals surface area (Å²) < 4.78 is 1.89. The Morgan fingerprint density at radius 2 is 2.44 bits per heavy atom. The van der Waals surface area contributed by atoms with Crippen LogP contribution in [0.25, 0.3) is 0 Å². The summed E-state index contributed by atoms with van der Waals surface area (Å²) in [6.45, 7) is 0.480. The maximum atomic E-state index is 11.9. The van der Waals surface area contributed by atoms with E-state index in [2.05, 4.69) is 15.2 Å². The largest absolute Gasteiger partial charge is 0.337 e. The zero-order valence-corrected chi connectivity index (χ0v) is 9.21. The number of imidazole rings is 1. The van der Waals surface area contributed by atoms with Gasteiger partial charge in [0.15, 0.2) is 0 Å². The van der Waals surface area contributed by atoms with E-state index in [4.69, 9.17) is 0 Å². The molecule has 1 amide bonds. The van der Waals surface area contributed by atoms with Gasteiger partial charge >= 0.3 is 0 Å². The number of aryl methyl sites for hydroxylation is 1. The van der Waals surface area contributed by atoms with Gasteiger partial charge in [-0.1, -0.05) is 0 Å². The van der Waals surface area contributed by atoms with Crippen LogP contribution in [0.4, 0.5) is 0 Å². The number of carbonyl (C=O) groups excluding carboxylic acids is 1. The molecule has 0 aliphatic rings. The number of hydrogen-bond acceptors (Lipinski definition) is 3. The van der Waals surface area contributed by atoms with Gasteiger partial charge in [-0.3, -0.25) is 9.89 Å². The smallest absolute Gasteiger partial charge is 0.257 e. The van der Waals surface area contributed by atoms with Crippen molar-refractivity contribution in [3.05, 3.63) is 36.2 Å². The van der Waals surface area contributed by atoms with Crippen molar-refractivity contribution >= 4 is 5.91 Å². The lowest BCUT2D eigenvalue weighted by Crippen LogP contribution is -2.27. The quantitative estimate of drug-likeness (QED) is 0.813. The van der Waals surface area contributed by atoms with Gasteiger partial charge in [0.2, 0.25) is 0 Å². The van der Waals surface area contributed by atoms with Gasteiger partial charge < -0.3 is 9.47 Å². The number of H-pyrrole nitrogens is 1. The van der Waals surface area contributed by atoms with E-state index in [1.807, 2.05) is 17.8 Å². The number of aromatic amines is 1. The van der Waals surface area contributed by atoms with E-state index >= 15 is 0 Å². The minimum atomic E-state index is -0.0725. The number of rotatable bonds is 3. The highest BCUT2D eigenvalue weighted by Crippen LogP contribution is 2.04. The van der Waals surface area contributed by atoms with E-state index in [-0.39, 0.29) is 5.91 Å². The fourth-order valence-corrected chi connectivity index (χ4v) is 1.42. The van der Waals surface area contributed by atoms with Gasteiger partial charge in [-0.25, -0.2) is 4.98 Å². The first kappa shape index (κ1) is 10.4. The number of nitrogens with zero attached hydrogens (tertiary/aromatic N) is 4. The van der Waals surface area contributed by atoms with Crippen LogP contribution in [-0.4, -0.2) is 37.6 Å². The molecule has 0 bridgehead atoms. The number of carbonyl (C=O) groups is 1. The second kappa shape index (κ2) is 4.18. The summed E-state index contributed by atoms with van der Waals surface area (Å²) in [6, 6.07) is 0. The molecule has 0 aromatic carbocycles. The molecule has 16 heavy (non-hydrogen) atoms. The Bertz CT molecular complexity index is 473. The second-order valence-corrected chi connectivity index (χ2v) is 3.60. The Morgan fingerprint density at radius 3 is 3.00 bits per heavy atom. The first-order valence-corrected chi connectivity index (χ1v) is 4.89. The van der Waals surface area contributed by atoms with Crippen LogP contribution in [0.15, 0.2) is 24.8 Å². The molecule has 6 nitrogen and oxygen atoms in total. The van der Waals surface area contributed by atoms with Crippen LogP contribution in [0.1, 0.15) is 16.2 Å². The molecule has 0 aliphatic carbocycles. The highest BCUT2D eigenvalue weighted by atomic mass is 16.2. The third kappa shape index (κ3) is 1.95. The minimum absolute atomic E-state index is 0.0725. The lowest BCUT2D eigenvalue weighted by Gasteiger charge is -2.15. The molecular formula is C10H13N5O. The zero-order chi connectivity index (χ0) is 11.5. The number of hydrogen-bond donors (Lipinski definition) is 1. The molecule has 2 aromatic heterocycles. The highest BCUT2D eigenvalue weighted by molar-refractivity contribution is 5.93. The molecule has 1 N–H and O–H groups in total. The summed E-state index contributed by atoms with van der Waals surface area (Å²) in [5.74, 6) is 0.774. The van der Waals surface area contributed by atoms with Gasteiger partial charge in [-0.2, -0.15) is 5.10 Å². The second-order valence-electron chi connectivity index (χ2n) is 3.60.